The van der Waals surface area contributed by atoms with Crippen LogP contribution in [0.25, 0.3) is 0 Å². The van der Waals surface area contributed by atoms with Gasteiger partial charge in [-0.05, 0) is 68.9 Å². The second-order valence-electron chi connectivity index (χ2n) is 9.47. The Balaban J connectivity index is 1.60. The summed E-state index contributed by atoms with van der Waals surface area (Å²) in [6.07, 6.45) is 10.0. The standard InChI is InChI=1S/C26H34N6O3/c1-17(23(28)32-12-6-5-10-22(32)27)8-7-9-18(2)30-24(33)21-14-20-16-31(25(34)26(3,4)35)13-11-19(20)15-29-21/h7-9,14-15,27-28,35H,2,5-6,10-13,16H2,1,3-4H3,(H,30,33)/b9-7-,17-8+,27-22?,28-23?. The molecule has 0 aliphatic carbocycles. The van der Waals surface area contributed by atoms with Crippen LogP contribution in [-0.4, -0.2) is 62.1 Å². The molecule has 3 heterocycles. The van der Waals surface area contributed by atoms with Crippen LogP contribution in [0.15, 0.2) is 48.3 Å². The summed E-state index contributed by atoms with van der Waals surface area (Å²) in [5.74, 6) is 0.0192. The number of carbonyl (C=O) groups excluding carboxylic acids is 2. The van der Waals surface area contributed by atoms with E-state index in [0.717, 1.165) is 24.0 Å². The number of allylic oxidation sites excluding steroid dienone is 3. The number of nitrogens with zero attached hydrogens (tertiary/aromatic N) is 3. The maximum atomic E-state index is 12.7. The number of aliphatic hydroxyl groups is 1. The van der Waals surface area contributed by atoms with Gasteiger partial charge in [0.15, 0.2) is 0 Å². The van der Waals surface area contributed by atoms with Crippen LogP contribution in [0, 0.1) is 10.8 Å². The quantitative estimate of drug-likeness (QED) is 0.283. The highest BCUT2D eigenvalue weighted by molar-refractivity contribution is 6.06. The van der Waals surface area contributed by atoms with E-state index in [1.165, 1.54) is 13.8 Å². The van der Waals surface area contributed by atoms with E-state index in [0.29, 0.717) is 55.4 Å². The maximum absolute atomic E-state index is 12.7. The predicted octanol–water partition coefficient (Wildman–Crippen LogP) is 2.92. The van der Waals surface area contributed by atoms with Crippen molar-refractivity contribution in [1.82, 2.24) is 20.1 Å². The third-order valence-corrected chi connectivity index (χ3v) is 6.07. The number of fused-ring (bicyclic) bond motifs is 1. The molecule has 9 heteroatoms. The van der Waals surface area contributed by atoms with Crippen LogP contribution in [0.5, 0.6) is 0 Å². The minimum absolute atomic E-state index is 0.216. The molecular formula is C26H34N6O3. The molecule has 0 saturated carbocycles. The van der Waals surface area contributed by atoms with E-state index in [1.54, 1.807) is 40.3 Å². The highest BCUT2D eigenvalue weighted by atomic mass is 16.3. The summed E-state index contributed by atoms with van der Waals surface area (Å²) in [5, 5.41) is 29.1. The normalized spacial score (nSPS) is 16.8. The van der Waals surface area contributed by atoms with Gasteiger partial charge in [0.2, 0.25) is 0 Å². The second kappa shape index (κ2) is 10.8. The van der Waals surface area contributed by atoms with Crippen molar-refractivity contribution in [3.8, 4) is 0 Å². The van der Waals surface area contributed by atoms with E-state index in [4.69, 9.17) is 10.8 Å². The summed E-state index contributed by atoms with van der Waals surface area (Å²) in [6.45, 7) is 10.1. The zero-order valence-electron chi connectivity index (χ0n) is 20.6. The van der Waals surface area contributed by atoms with Crippen LogP contribution in [-0.2, 0) is 17.8 Å². The van der Waals surface area contributed by atoms with Crippen LogP contribution in [0.4, 0.5) is 0 Å². The smallest absolute Gasteiger partial charge is 0.274 e. The Morgan fingerprint density at radius 1 is 1.23 bits per heavy atom. The number of carbonyl (C=O) groups is 2. The molecule has 0 radical (unpaired) electrons. The Morgan fingerprint density at radius 2 is 1.97 bits per heavy atom. The van der Waals surface area contributed by atoms with Crippen molar-refractivity contribution in [3.05, 3.63) is 65.2 Å². The molecule has 2 aliphatic rings. The number of nitrogens with one attached hydrogen (secondary N) is 3. The van der Waals surface area contributed by atoms with Gasteiger partial charge in [-0.2, -0.15) is 0 Å². The first kappa shape index (κ1) is 26.0. The number of rotatable bonds is 6. The first-order valence-electron chi connectivity index (χ1n) is 11.8. The Hall–Kier alpha value is -3.59. The lowest BCUT2D eigenvalue weighted by atomic mass is 9.99. The molecule has 1 aromatic rings. The van der Waals surface area contributed by atoms with E-state index < -0.39 is 11.5 Å². The first-order valence-corrected chi connectivity index (χ1v) is 11.8. The molecule has 0 unspecified atom stereocenters. The molecule has 0 aromatic carbocycles. The molecule has 1 fully saturated rings. The van der Waals surface area contributed by atoms with E-state index >= 15 is 0 Å². The van der Waals surface area contributed by atoms with Crippen LogP contribution in [0.3, 0.4) is 0 Å². The topological polar surface area (TPSA) is 133 Å². The van der Waals surface area contributed by atoms with Gasteiger partial charge in [-0.25, -0.2) is 0 Å². The van der Waals surface area contributed by atoms with Gasteiger partial charge in [0.25, 0.3) is 11.8 Å². The minimum atomic E-state index is -1.45. The Bertz CT molecular complexity index is 1110. The van der Waals surface area contributed by atoms with E-state index in [-0.39, 0.29) is 11.6 Å². The zero-order valence-corrected chi connectivity index (χ0v) is 20.6. The molecule has 2 aliphatic heterocycles. The molecule has 1 saturated heterocycles. The fourth-order valence-electron chi connectivity index (χ4n) is 4.05. The number of hydrogen-bond acceptors (Lipinski definition) is 6. The van der Waals surface area contributed by atoms with E-state index in [1.807, 2.05) is 6.92 Å². The van der Waals surface area contributed by atoms with Crippen LogP contribution in [0.2, 0.25) is 0 Å². The largest absolute Gasteiger partial charge is 0.381 e. The Morgan fingerprint density at radius 3 is 2.66 bits per heavy atom. The predicted molar refractivity (Wildman–Crippen MR) is 135 cm³/mol. The summed E-state index contributed by atoms with van der Waals surface area (Å²) >= 11 is 0. The third-order valence-electron chi connectivity index (χ3n) is 6.07. The molecule has 9 nitrogen and oxygen atoms in total. The number of amides is 2. The van der Waals surface area contributed by atoms with E-state index in [2.05, 4.69) is 16.9 Å². The molecular weight excluding hydrogens is 444 g/mol. The molecule has 0 atom stereocenters. The molecule has 186 valence electrons. The minimum Gasteiger partial charge on any atom is -0.381 e. The highest BCUT2D eigenvalue weighted by Crippen LogP contribution is 2.22. The van der Waals surface area contributed by atoms with Crippen LogP contribution >= 0.6 is 0 Å². The van der Waals surface area contributed by atoms with Gasteiger partial charge in [-0.1, -0.05) is 18.7 Å². The lowest BCUT2D eigenvalue weighted by molar-refractivity contribution is -0.148. The van der Waals surface area contributed by atoms with Crippen molar-refractivity contribution < 1.29 is 14.7 Å². The molecule has 0 spiro atoms. The highest BCUT2D eigenvalue weighted by Gasteiger charge is 2.31. The van der Waals surface area contributed by atoms with Gasteiger partial charge in [0.05, 0.1) is 0 Å². The van der Waals surface area contributed by atoms with Gasteiger partial charge < -0.3 is 20.2 Å². The monoisotopic (exact) mass is 478 g/mol. The van der Waals surface area contributed by atoms with Gasteiger partial charge in [0, 0.05) is 37.9 Å². The van der Waals surface area contributed by atoms with Crippen LogP contribution < -0.4 is 5.32 Å². The summed E-state index contributed by atoms with van der Waals surface area (Å²) < 4.78 is 0. The van der Waals surface area contributed by atoms with Crippen molar-refractivity contribution in [2.45, 2.75) is 58.6 Å². The number of likely N-dealkylation sites (tertiary alicyclic amines) is 1. The lowest BCUT2D eigenvalue weighted by Gasteiger charge is -2.32. The summed E-state index contributed by atoms with van der Waals surface area (Å²) in [4.78, 5) is 32.7. The lowest BCUT2D eigenvalue weighted by Crippen LogP contribution is -2.47. The van der Waals surface area contributed by atoms with Crippen molar-refractivity contribution in [2.24, 2.45) is 0 Å². The number of hydrogen-bond donors (Lipinski definition) is 4. The fourth-order valence-corrected chi connectivity index (χ4v) is 4.05. The average Bonchev–Trinajstić information content (AvgIpc) is 2.82. The van der Waals surface area contributed by atoms with E-state index in [9.17, 15) is 14.7 Å². The molecule has 0 bridgehead atoms. The Labute approximate surface area is 206 Å². The van der Waals surface area contributed by atoms with Gasteiger partial charge in [-0.3, -0.25) is 25.4 Å². The van der Waals surface area contributed by atoms with Crippen molar-refractivity contribution >= 4 is 23.5 Å². The second-order valence-corrected chi connectivity index (χ2v) is 9.47. The number of amidine groups is 2. The van der Waals surface area contributed by atoms with Crippen molar-refractivity contribution in [3.63, 3.8) is 0 Å². The summed E-state index contributed by atoms with van der Waals surface area (Å²) in [6, 6.07) is 1.67. The van der Waals surface area contributed by atoms with Crippen molar-refractivity contribution in [1.29, 1.82) is 10.8 Å². The first-order chi connectivity index (χ1) is 16.5. The van der Waals surface area contributed by atoms with Crippen LogP contribution in [0.1, 0.15) is 61.6 Å². The SMILES string of the molecule is C=C(/C=C\C=C(/C)C(=N)N1CCCCC1=N)NC(=O)c1cc2c(cn1)CCN(C(=O)C(C)(C)O)C2. The summed E-state index contributed by atoms with van der Waals surface area (Å²) in [5.41, 5.74) is 1.66. The zero-order chi connectivity index (χ0) is 25.8. The maximum Gasteiger partial charge on any atom is 0.274 e. The number of piperidine rings is 1. The number of aromatic nitrogens is 1. The van der Waals surface area contributed by atoms with Gasteiger partial charge in [-0.15, -0.1) is 0 Å². The van der Waals surface area contributed by atoms with Gasteiger partial charge >= 0.3 is 0 Å². The fraction of sp³-hybridized carbons (Fsp3) is 0.423. The molecule has 1 aromatic heterocycles. The number of pyridine rings is 1. The van der Waals surface area contributed by atoms with Gasteiger partial charge in [0.1, 0.15) is 23.0 Å². The molecule has 3 rings (SSSR count). The molecule has 4 N–H and O–H groups in total. The average molecular weight is 479 g/mol. The van der Waals surface area contributed by atoms with Crippen molar-refractivity contribution in [2.75, 3.05) is 13.1 Å². The summed E-state index contributed by atoms with van der Waals surface area (Å²) in [7, 11) is 0. The molecule has 35 heavy (non-hydrogen) atoms. The molecule has 2 amide bonds. The third kappa shape index (κ3) is 6.51. The Kier molecular flexibility index (Phi) is 8.01.